The van der Waals surface area contributed by atoms with E-state index in [-0.39, 0.29) is 5.75 Å². The van der Waals surface area contributed by atoms with Crippen LogP contribution in [0.25, 0.3) is 0 Å². The van der Waals surface area contributed by atoms with E-state index in [1.54, 1.807) is 6.92 Å². The molecule has 0 N–H and O–H groups in total. The Morgan fingerprint density at radius 2 is 2.36 bits per heavy atom. The molecule has 1 unspecified atom stereocenters. The lowest BCUT2D eigenvalue weighted by Gasteiger charge is -2.00. The monoisotopic (exact) mass is 171 g/mol. The summed E-state index contributed by atoms with van der Waals surface area (Å²) in [5.74, 6) is 0.196. The lowest BCUT2D eigenvalue weighted by atomic mass is 10.1. The van der Waals surface area contributed by atoms with E-state index in [4.69, 9.17) is 5.26 Å². The van der Waals surface area contributed by atoms with Gasteiger partial charge in [-0.1, -0.05) is 0 Å². The van der Waals surface area contributed by atoms with Crippen LogP contribution in [0.4, 0.5) is 0 Å². The van der Waals surface area contributed by atoms with Gasteiger partial charge in [-0.05, 0) is 18.9 Å². The summed E-state index contributed by atoms with van der Waals surface area (Å²) in [6.07, 6.45) is 1.87. The Morgan fingerprint density at radius 3 is 2.73 bits per heavy atom. The quantitative estimate of drug-likeness (QED) is 0.503. The molecule has 1 atom stereocenters. The smallest absolute Gasteiger partial charge is 0.157 e. The van der Waals surface area contributed by atoms with Gasteiger partial charge in [0.25, 0.3) is 0 Å². The molecule has 1 fully saturated rings. The highest BCUT2D eigenvalue weighted by Gasteiger charge is 2.31. The van der Waals surface area contributed by atoms with Crippen molar-refractivity contribution in [3.63, 3.8) is 0 Å². The number of rotatable bonds is 0. The molecule has 60 valence electrons. The maximum Gasteiger partial charge on any atom is 0.157 e. The van der Waals surface area contributed by atoms with E-state index >= 15 is 0 Å². The van der Waals surface area contributed by atoms with E-state index in [2.05, 4.69) is 0 Å². The Hall–Kier alpha value is -0.820. The number of hydrogen-bond donors (Lipinski definition) is 0. The van der Waals surface area contributed by atoms with Gasteiger partial charge in [0.15, 0.2) is 9.84 Å². The van der Waals surface area contributed by atoms with Crippen LogP contribution in [0.1, 0.15) is 13.3 Å². The number of sulfone groups is 1. The van der Waals surface area contributed by atoms with Crippen molar-refractivity contribution in [2.75, 3.05) is 5.75 Å². The zero-order valence-corrected chi connectivity index (χ0v) is 7.06. The van der Waals surface area contributed by atoms with Gasteiger partial charge in [-0.2, -0.15) is 5.26 Å². The Kier molecular flexibility index (Phi) is 2.01. The molecule has 0 aromatic rings. The summed E-state index contributed by atoms with van der Waals surface area (Å²) in [5.41, 5.74) is 0.743. The zero-order chi connectivity index (χ0) is 8.48. The van der Waals surface area contributed by atoms with E-state index in [0.29, 0.717) is 6.42 Å². The van der Waals surface area contributed by atoms with Crippen molar-refractivity contribution in [1.82, 2.24) is 0 Å². The second kappa shape index (κ2) is 2.67. The number of hydrogen-bond acceptors (Lipinski definition) is 3. The fourth-order valence-electron chi connectivity index (χ4n) is 1.14. The fraction of sp³-hybridized carbons (Fsp3) is 0.571. The lowest BCUT2D eigenvalue weighted by molar-refractivity contribution is 0.596. The highest BCUT2D eigenvalue weighted by Crippen LogP contribution is 2.24. The first kappa shape index (κ1) is 8.28. The van der Waals surface area contributed by atoms with E-state index in [0.717, 1.165) is 5.57 Å². The molecule has 1 aliphatic heterocycles. The van der Waals surface area contributed by atoms with Gasteiger partial charge in [0.05, 0.1) is 17.1 Å². The molecule has 3 nitrogen and oxygen atoms in total. The predicted octanol–water partition coefficient (Wildman–Crippen LogP) is 0.643. The zero-order valence-electron chi connectivity index (χ0n) is 6.24. The molecule has 0 aromatic carbocycles. The SMILES string of the molecule is CC1/C(=C\C#N)CCS1(=O)=O. The molecule has 0 saturated carbocycles. The van der Waals surface area contributed by atoms with Crippen molar-refractivity contribution >= 4 is 9.84 Å². The highest BCUT2D eigenvalue weighted by atomic mass is 32.2. The normalized spacial score (nSPS) is 32.0. The van der Waals surface area contributed by atoms with Gasteiger partial charge >= 0.3 is 0 Å². The Balaban J connectivity index is 2.99. The van der Waals surface area contributed by atoms with Crippen LogP contribution in [0.15, 0.2) is 11.6 Å². The maximum absolute atomic E-state index is 11.1. The first-order valence-electron chi connectivity index (χ1n) is 3.38. The third-order valence-electron chi connectivity index (χ3n) is 1.99. The van der Waals surface area contributed by atoms with Crippen molar-refractivity contribution < 1.29 is 8.42 Å². The Labute approximate surface area is 66.3 Å². The van der Waals surface area contributed by atoms with Gasteiger partial charge in [0.2, 0.25) is 0 Å². The molecule has 0 bridgehead atoms. The molecule has 1 heterocycles. The van der Waals surface area contributed by atoms with E-state index in [1.165, 1.54) is 6.08 Å². The van der Waals surface area contributed by atoms with Gasteiger partial charge in [-0.3, -0.25) is 0 Å². The molecule has 1 aliphatic rings. The minimum atomic E-state index is -2.92. The van der Waals surface area contributed by atoms with Crippen molar-refractivity contribution in [2.45, 2.75) is 18.6 Å². The molecule has 0 aliphatic carbocycles. The standard InChI is InChI=1S/C7H9NO2S/c1-6-7(2-4-8)3-5-11(6,9)10/h2,6H,3,5H2,1H3/b7-2-. The summed E-state index contributed by atoms with van der Waals surface area (Å²) in [5, 5.41) is 7.85. The molecule has 1 rings (SSSR count). The van der Waals surface area contributed by atoms with E-state index in [1.807, 2.05) is 6.07 Å². The van der Waals surface area contributed by atoms with Gasteiger partial charge in [-0.25, -0.2) is 8.42 Å². The molecular weight excluding hydrogens is 162 g/mol. The number of allylic oxidation sites excluding steroid dienone is 1. The summed E-state index contributed by atoms with van der Waals surface area (Å²) < 4.78 is 22.2. The average molecular weight is 171 g/mol. The predicted molar refractivity (Wildman–Crippen MR) is 41.6 cm³/mol. The van der Waals surface area contributed by atoms with Crippen LogP contribution in [0.5, 0.6) is 0 Å². The van der Waals surface area contributed by atoms with Gasteiger partial charge in [0.1, 0.15) is 0 Å². The summed E-state index contributed by atoms with van der Waals surface area (Å²) >= 11 is 0. The number of nitrogens with zero attached hydrogens (tertiary/aromatic N) is 1. The van der Waals surface area contributed by atoms with Gasteiger partial charge < -0.3 is 0 Å². The van der Waals surface area contributed by atoms with Crippen molar-refractivity contribution in [3.05, 3.63) is 11.6 Å². The topological polar surface area (TPSA) is 57.9 Å². The summed E-state index contributed by atoms with van der Waals surface area (Å²) in [6, 6.07) is 1.85. The largest absolute Gasteiger partial charge is 0.228 e. The molecule has 11 heavy (non-hydrogen) atoms. The van der Waals surface area contributed by atoms with Crippen LogP contribution in [0, 0.1) is 11.3 Å². The second-order valence-electron chi connectivity index (χ2n) is 2.61. The molecule has 1 saturated heterocycles. The minimum Gasteiger partial charge on any atom is -0.228 e. The third kappa shape index (κ3) is 1.43. The van der Waals surface area contributed by atoms with Crippen LogP contribution < -0.4 is 0 Å². The third-order valence-corrected chi connectivity index (χ3v) is 4.14. The van der Waals surface area contributed by atoms with Crippen molar-refractivity contribution in [3.8, 4) is 6.07 Å². The highest BCUT2D eigenvalue weighted by molar-refractivity contribution is 7.92. The molecule has 0 aromatic heterocycles. The van der Waals surface area contributed by atoms with E-state index < -0.39 is 15.1 Å². The van der Waals surface area contributed by atoms with Crippen LogP contribution in [-0.4, -0.2) is 19.4 Å². The maximum atomic E-state index is 11.1. The summed E-state index contributed by atoms with van der Waals surface area (Å²) in [7, 11) is -2.92. The fourth-order valence-corrected chi connectivity index (χ4v) is 2.66. The van der Waals surface area contributed by atoms with Crippen LogP contribution >= 0.6 is 0 Å². The minimum absolute atomic E-state index is 0.196. The second-order valence-corrected chi connectivity index (χ2v) is 5.05. The molecule has 4 heteroatoms. The van der Waals surface area contributed by atoms with Gasteiger partial charge in [0, 0.05) is 6.08 Å². The first-order chi connectivity index (χ1) is 5.08. The molecule has 0 amide bonds. The van der Waals surface area contributed by atoms with Crippen LogP contribution in [0.2, 0.25) is 0 Å². The van der Waals surface area contributed by atoms with Crippen molar-refractivity contribution in [2.24, 2.45) is 0 Å². The average Bonchev–Trinajstić information content (AvgIpc) is 2.17. The molecule has 0 radical (unpaired) electrons. The molecule has 0 spiro atoms. The first-order valence-corrected chi connectivity index (χ1v) is 5.09. The van der Waals surface area contributed by atoms with Gasteiger partial charge in [-0.15, -0.1) is 0 Å². The van der Waals surface area contributed by atoms with Crippen LogP contribution in [-0.2, 0) is 9.84 Å². The van der Waals surface area contributed by atoms with E-state index in [9.17, 15) is 8.42 Å². The summed E-state index contributed by atoms with van der Waals surface area (Å²) in [6.45, 7) is 1.63. The Bertz CT molecular complexity index is 321. The molecular formula is C7H9NO2S. The Morgan fingerprint density at radius 1 is 1.73 bits per heavy atom. The van der Waals surface area contributed by atoms with Crippen molar-refractivity contribution in [1.29, 1.82) is 5.26 Å². The van der Waals surface area contributed by atoms with Crippen LogP contribution in [0.3, 0.4) is 0 Å². The summed E-state index contributed by atoms with van der Waals surface area (Å²) in [4.78, 5) is 0. The lowest BCUT2D eigenvalue weighted by Crippen LogP contribution is -2.12. The number of nitriles is 1.